The smallest absolute Gasteiger partial charge is 0.156 e. The molecular formula is C22H27N5O. The molecule has 4 rings (SSSR count). The number of benzene rings is 1. The Kier molecular flexibility index (Phi) is 5.39. The molecule has 0 spiro atoms. The third-order valence-corrected chi connectivity index (χ3v) is 5.32. The first kappa shape index (κ1) is 18.6. The number of hydrogen-bond donors (Lipinski definition) is 0. The highest BCUT2D eigenvalue weighted by Gasteiger charge is 2.28. The van der Waals surface area contributed by atoms with Gasteiger partial charge in [0.15, 0.2) is 5.82 Å². The lowest BCUT2D eigenvalue weighted by Gasteiger charge is -2.24. The fourth-order valence-corrected chi connectivity index (χ4v) is 3.90. The van der Waals surface area contributed by atoms with Gasteiger partial charge in [0, 0.05) is 24.9 Å². The van der Waals surface area contributed by atoms with Crippen molar-refractivity contribution in [2.24, 2.45) is 0 Å². The van der Waals surface area contributed by atoms with Gasteiger partial charge in [-0.1, -0.05) is 26.0 Å². The van der Waals surface area contributed by atoms with Crippen molar-refractivity contribution in [3.63, 3.8) is 0 Å². The predicted molar refractivity (Wildman–Crippen MR) is 109 cm³/mol. The topological polar surface area (TPSA) is 56.1 Å². The van der Waals surface area contributed by atoms with Gasteiger partial charge in [-0.3, -0.25) is 14.5 Å². The second-order valence-electron chi connectivity index (χ2n) is 7.59. The molecule has 1 fully saturated rings. The van der Waals surface area contributed by atoms with Crippen molar-refractivity contribution < 1.29 is 4.74 Å². The van der Waals surface area contributed by atoms with Crippen molar-refractivity contribution in [3.8, 4) is 11.6 Å². The molecule has 1 unspecified atom stereocenters. The second kappa shape index (κ2) is 8.10. The monoisotopic (exact) mass is 377 g/mol. The van der Waals surface area contributed by atoms with E-state index in [0.717, 1.165) is 42.6 Å². The van der Waals surface area contributed by atoms with E-state index in [1.165, 1.54) is 12.0 Å². The van der Waals surface area contributed by atoms with E-state index in [9.17, 15) is 0 Å². The van der Waals surface area contributed by atoms with Gasteiger partial charge in [-0.2, -0.15) is 0 Å². The Morgan fingerprint density at radius 2 is 2.00 bits per heavy atom. The van der Waals surface area contributed by atoms with Crippen LogP contribution in [0, 0.1) is 0 Å². The summed E-state index contributed by atoms with van der Waals surface area (Å²) >= 11 is 0. The number of likely N-dealkylation sites (tertiary alicyclic amines) is 1. The predicted octanol–water partition coefficient (Wildman–Crippen LogP) is 4.13. The third kappa shape index (κ3) is 3.78. The fourth-order valence-electron chi connectivity index (χ4n) is 3.90. The van der Waals surface area contributed by atoms with E-state index in [1.54, 1.807) is 7.11 Å². The summed E-state index contributed by atoms with van der Waals surface area (Å²) in [6.07, 6.45) is 9.80. The maximum absolute atomic E-state index is 5.27. The van der Waals surface area contributed by atoms with Gasteiger partial charge < -0.3 is 4.74 Å². The fraction of sp³-hybridized carbons (Fsp3) is 0.409. The molecule has 6 heteroatoms. The zero-order chi connectivity index (χ0) is 19.5. The van der Waals surface area contributed by atoms with Crippen LogP contribution in [0.15, 0.2) is 49.1 Å². The van der Waals surface area contributed by atoms with E-state index in [2.05, 4.69) is 40.8 Å². The Balaban J connectivity index is 1.56. The van der Waals surface area contributed by atoms with E-state index in [0.29, 0.717) is 12.0 Å². The maximum Gasteiger partial charge on any atom is 0.156 e. The summed E-state index contributed by atoms with van der Waals surface area (Å²) in [5.74, 6) is 3.07. The number of ether oxygens (including phenoxy) is 1. The van der Waals surface area contributed by atoms with Gasteiger partial charge in [0.25, 0.3) is 0 Å². The van der Waals surface area contributed by atoms with E-state index < -0.39 is 0 Å². The molecule has 3 aromatic rings. The van der Waals surface area contributed by atoms with Gasteiger partial charge in [-0.05, 0) is 37.1 Å². The highest BCUT2D eigenvalue weighted by Crippen LogP contribution is 2.32. The van der Waals surface area contributed by atoms with Gasteiger partial charge in [0.1, 0.15) is 11.6 Å². The van der Waals surface area contributed by atoms with Crippen molar-refractivity contribution in [1.82, 2.24) is 24.4 Å². The van der Waals surface area contributed by atoms with Gasteiger partial charge in [-0.25, -0.2) is 9.97 Å². The first-order valence-electron chi connectivity index (χ1n) is 9.88. The van der Waals surface area contributed by atoms with Gasteiger partial charge in [-0.15, -0.1) is 0 Å². The molecule has 1 aliphatic rings. The summed E-state index contributed by atoms with van der Waals surface area (Å²) in [4.78, 5) is 16.4. The standard InChI is InChI=1S/C22H27N5O/c1-16(2)22-24-10-12-27(22)21-14-23-13-19(25-21)20-5-4-11-26(20)15-17-6-8-18(28-3)9-7-17/h6-10,12-14,16,20H,4-5,11,15H2,1-3H3. The zero-order valence-corrected chi connectivity index (χ0v) is 16.7. The lowest BCUT2D eigenvalue weighted by molar-refractivity contribution is 0.244. The Morgan fingerprint density at radius 1 is 1.18 bits per heavy atom. The summed E-state index contributed by atoms with van der Waals surface area (Å²) in [7, 11) is 1.70. The van der Waals surface area contributed by atoms with Crippen LogP contribution in [0.2, 0.25) is 0 Å². The molecule has 0 amide bonds. The Labute approximate surface area is 166 Å². The number of nitrogens with zero attached hydrogens (tertiary/aromatic N) is 5. The molecule has 0 saturated carbocycles. The van der Waals surface area contributed by atoms with Crippen LogP contribution in [0.25, 0.3) is 5.82 Å². The summed E-state index contributed by atoms with van der Waals surface area (Å²) < 4.78 is 7.31. The molecule has 2 aromatic heterocycles. The molecule has 1 aliphatic heterocycles. The molecule has 146 valence electrons. The second-order valence-corrected chi connectivity index (χ2v) is 7.59. The lowest BCUT2D eigenvalue weighted by Crippen LogP contribution is -2.24. The van der Waals surface area contributed by atoms with Crippen LogP contribution in [0.3, 0.4) is 0 Å². The minimum atomic E-state index is 0.292. The van der Waals surface area contributed by atoms with Crippen LogP contribution in [0.4, 0.5) is 0 Å². The third-order valence-electron chi connectivity index (χ3n) is 5.32. The quantitative estimate of drug-likeness (QED) is 0.646. The van der Waals surface area contributed by atoms with Gasteiger partial charge in [0.05, 0.1) is 31.2 Å². The van der Waals surface area contributed by atoms with Crippen LogP contribution in [-0.4, -0.2) is 38.1 Å². The largest absolute Gasteiger partial charge is 0.497 e. The number of rotatable bonds is 6. The van der Waals surface area contributed by atoms with Crippen molar-refractivity contribution in [3.05, 3.63) is 66.1 Å². The number of hydrogen-bond acceptors (Lipinski definition) is 5. The Bertz CT molecular complexity index is 919. The normalized spacial score (nSPS) is 17.4. The molecule has 6 nitrogen and oxygen atoms in total. The molecule has 1 atom stereocenters. The highest BCUT2D eigenvalue weighted by atomic mass is 16.5. The Hall–Kier alpha value is -2.73. The first-order valence-corrected chi connectivity index (χ1v) is 9.88. The molecule has 0 radical (unpaired) electrons. The van der Waals surface area contributed by atoms with Crippen molar-refractivity contribution >= 4 is 0 Å². The summed E-state index contributed by atoms with van der Waals surface area (Å²) in [6, 6.07) is 8.61. The number of methoxy groups -OCH3 is 1. The van der Waals surface area contributed by atoms with Crippen LogP contribution in [0.1, 0.15) is 55.7 Å². The van der Waals surface area contributed by atoms with Crippen LogP contribution in [-0.2, 0) is 6.54 Å². The average molecular weight is 377 g/mol. The summed E-state index contributed by atoms with van der Waals surface area (Å²) in [5, 5.41) is 0. The molecule has 1 saturated heterocycles. The molecule has 0 aliphatic carbocycles. The van der Waals surface area contributed by atoms with Gasteiger partial charge >= 0.3 is 0 Å². The van der Waals surface area contributed by atoms with Crippen molar-refractivity contribution in [1.29, 1.82) is 0 Å². The van der Waals surface area contributed by atoms with E-state index >= 15 is 0 Å². The van der Waals surface area contributed by atoms with Crippen molar-refractivity contribution in [2.45, 2.75) is 45.2 Å². The molecule has 0 N–H and O–H groups in total. The number of imidazole rings is 1. The van der Waals surface area contributed by atoms with Crippen LogP contribution in [0.5, 0.6) is 5.75 Å². The molecular weight excluding hydrogens is 350 g/mol. The number of aromatic nitrogens is 4. The molecule has 0 bridgehead atoms. The summed E-state index contributed by atoms with van der Waals surface area (Å²) in [6.45, 7) is 6.27. The van der Waals surface area contributed by atoms with Crippen LogP contribution < -0.4 is 4.74 Å². The van der Waals surface area contributed by atoms with E-state index in [1.807, 2.05) is 41.5 Å². The lowest BCUT2D eigenvalue weighted by atomic mass is 10.1. The zero-order valence-electron chi connectivity index (χ0n) is 16.7. The minimum absolute atomic E-state index is 0.292. The molecule has 1 aromatic carbocycles. The first-order chi connectivity index (χ1) is 13.7. The molecule has 28 heavy (non-hydrogen) atoms. The average Bonchev–Trinajstić information content (AvgIpc) is 3.38. The molecule has 3 heterocycles. The van der Waals surface area contributed by atoms with E-state index in [-0.39, 0.29) is 0 Å². The minimum Gasteiger partial charge on any atom is -0.497 e. The maximum atomic E-state index is 5.27. The Morgan fingerprint density at radius 3 is 2.75 bits per heavy atom. The van der Waals surface area contributed by atoms with Gasteiger partial charge in [0.2, 0.25) is 0 Å². The van der Waals surface area contributed by atoms with Crippen LogP contribution >= 0.6 is 0 Å². The van der Waals surface area contributed by atoms with Crippen molar-refractivity contribution in [2.75, 3.05) is 13.7 Å². The van der Waals surface area contributed by atoms with E-state index in [4.69, 9.17) is 9.72 Å². The highest BCUT2D eigenvalue weighted by molar-refractivity contribution is 5.28. The summed E-state index contributed by atoms with van der Waals surface area (Å²) in [5.41, 5.74) is 2.32. The SMILES string of the molecule is COc1ccc(CN2CCCC2c2cncc(-n3ccnc3C(C)C)n2)cc1.